The minimum Gasteiger partial charge on any atom is -0.468 e. The van der Waals surface area contributed by atoms with Crippen LogP contribution in [-0.4, -0.2) is 74.7 Å². The highest BCUT2D eigenvalue weighted by molar-refractivity contribution is 5.80. The summed E-state index contributed by atoms with van der Waals surface area (Å²) >= 11 is 0. The van der Waals surface area contributed by atoms with Gasteiger partial charge in [-0.25, -0.2) is 0 Å². The van der Waals surface area contributed by atoms with E-state index in [1.165, 1.54) is 33.0 Å². The number of esters is 1. The molecule has 1 aliphatic rings. The van der Waals surface area contributed by atoms with E-state index in [0.29, 0.717) is 0 Å². The summed E-state index contributed by atoms with van der Waals surface area (Å²) in [4.78, 5) is 16.7. The second-order valence-corrected chi connectivity index (χ2v) is 5.96. The summed E-state index contributed by atoms with van der Waals surface area (Å²) in [6, 6.07) is 0. The number of likely N-dealkylation sites (tertiary alicyclic amines) is 1. The standard InChI is InChI=1S/C15H31N3O2/c1-5-16-15(2,14(19)20-4)8-11-17(3)12-13-18-9-6-7-10-18/h16H,5-13H2,1-4H3. The Hall–Kier alpha value is -0.650. The number of carbonyl (C=O) groups is 1. The van der Waals surface area contributed by atoms with Gasteiger partial charge in [-0.1, -0.05) is 6.92 Å². The van der Waals surface area contributed by atoms with Crippen molar-refractivity contribution in [1.29, 1.82) is 0 Å². The summed E-state index contributed by atoms with van der Waals surface area (Å²) in [6.07, 6.45) is 3.44. The molecule has 5 nitrogen and oxygen atoms in total. The molecule has 1 N–H and O–H groups in total. The van der Waals surface area contributed by atoms with Crippen LogP contribution >= 0.6 is 0 Å². The van der Waals surface area contributed by atoms with Crippen molar-refractivity contribution in [3.63, 3.8) is 0 Å². The molecule has 1 aliphatic heterocycles. The van der Waals surface area contributed by atoms with Gasteiger partial charge < -0.3 is 19.9 Å². The number of methoxy groups -OCH3 is 1. The fourth-order valence-electron chi connectivity index (χ4n) is 2.72. The molecule has 5 heteroatoms. The van der Waals surface area contributed by atoms with Crippen molar-refractivity contribution in [3.05, 3.63) is 0 Å². The molecule has 0 saturated carbocycles. The van der Waals surface area contributed by atoms with Crippen molar-refractivity contribution in [2.45, 2.75) is 38.6 Å². The third-order valence-corrected chi connectivity index (χ3v) is 4.19. The van der Waals surface area contributed by atoms with E-state index >= 15 is 0 Å². The van der Waals surface area contributed by atoms with E-state index in [4.69, 9.17) is 4.74 Å². The van der Waals surface area contributed by atoms with E-state index in [2.05, 4.69) is 22.2 Å². The van der Waals surface area contributed by atoms with Gasteiger partial charge in [-0.2, -0.15) is 0 Å². The van der Waals surface area contributed by atoms with Gasteiger partial charge in [0.15, 0.2) is 0 Å². The van der Waals surface area contributed by atoms with Crippen LogP contribution in [0.15, 0.2) is 0 Å². The third-order valence-electron chi connectivity index (χ3n) is 4.19. The zero-order chi connectivity index (χ0) is 15.0. The Kier molecular flexibility index (Phi) is 7.48. The zero-order valence-corrected chi connectivity index (χ0v) is 13.6. The van der Waals surface area contributed by atoms with Crippen LogP contribution in [0.1, 0.15) is 33.1 Å². The third kappa shape index (κ3) is 5.38. The molecule has 0 bridgehead atoms. The molecule has 1 unspecified atom stereocenters. The highest BCUT2D eigenvalue weighted by atomic mass is 16.5. The van der Waals surface area contributed by atoms with Crippen LogP contribution in [0.5, 0.6) is 0 Å². The molecule has 1 fully saturated rings. The van der Waals surface area contributed by atoms with Gasteiger partial charge in [-0.3, -0.25) is 4.79 Å². The maximum atomic E-state index is 11.9. The van der Waals surface area contributed by atoms with E-state index in [-0.39, 0.29) is 5.97 Å². The molecule has 0 aromatic rings. The molecule has 0 amide bonds. The lowest BCUT2D eigenvalue weighted by Crippen LogP contribution is -2.52. The number of likely N-dealkylation sites (N-methyl/N-ethyl adjacent to an activating group) is 2. The smallest absolute Gasteiger partial charge is 0.325 e. The molecule has 0 aromatic carbocycles. The van der Waals surface area contributed by atoms with E-state index in [0.717, 1.165) is 32.6 Å². The van der Waals surface area contributed by atoms with Gasteiger partial charge in [0.05, 0.1) is 7.11 Å². The van der Waals surface area contributed by atoms with Crippen molar-refractivity contribution >= 4 is 5.97 Å². The van der Waals surface area contributed by atoms with Crippen molar-refractivity contribution in [3.8, 4) is 0 Å². The minimum absolute atomic E-state index is 0.174. The predicted molar refractivity (Wildman–Crippen MR) is 81.9 cm³/mol. The molecule has 118 valence electrons. The lowest BCUT2D eigenvalue weighted by molar-refractivity contribution is -0.148. The quantitative estimate of drug-likeness (QED) is 0.639. The Morgan fingerprint density at radius 1 is 1.35 bits per heavy atom. The zero-order valence-electron chi connectivity index (χ0n) is 13.6. The van der Waals surface area contributed by atoms with Crippen molar-refractivity contribution in [2.75, 3.05) is 53.4 Å². The number of hydrogen-bond acceptors (Lipinski definition) is 5. The van der Waals surface area contributed by atoms with E-state index in [9.17, 15) is 4.79 Å². The van der Waals surface area contributed by atoms with Gasteiger partial charge in [-0.05, 0) is 52.9 Å². The summed E-state index contributed by atoms with van der Waals surface area (Å²) in [7, 11) is 3.58. The molecular weight excluding hydrogens is 254 g/mol. The molecule has 0 aliphatic carbocycles. The monoisotopic (exact) mass is 285 g/mol. The number of rotatable bonds is 9. The topological polar surface area (TPSA) is 44.8 Å². The average molecular weight is 285 g/mol. The van der Waals surface area contributed by atoms with Crippen molar-refractivity contribution < 1.29 is 9.53 Å². The fraction of sp³-hybridized carbons (Fsp3) is 0.933. The molecule has 0 spiro atoms. The highest BCUT2D eigenvalue weighted by Crippen LogP contribution is 2.13. The lowest BCUT2D eigenvalue weighted by atomic mass is 9.97. The largest absolute Gasteiger partial charge is 0.468 e. The Morgan fingerprint density at radius 3 is 2.55 bits per heavy atom. The first-order chi connectivity index (χ1) is 9.51. The number of nitrogens with zero attached hydrogens (tertiary/aromatic N) is 2. The van der Waals surface area contributed by atoms with Gasteiger partial charge in [0.1, 0.15) is 5.54 Å². The maximum absolute atomic E-state index is 11.9. The Bertz CT molecular complexity index is 293. The van der Waals surface area contributed by atoms with Gasteiger partial charge in [0.25, 0.3) is 0 Å². The number of ether oxygens (including phenoxy) is 1. The summed E-state index contributed by atoms with van der Waals surface area (Å²) in [5, 5.41) is 3.25. The maximum Gasteiger partial charge on any atom is 0.325 e. The van der Waals surface area contributed by atoms with Crippen molar-refractivity contribution in [2.24, 2.45) is 0 Å². The van der Waals surface area contributed by atoms with Crippen LogP contribution in [0.25, 0.3) is 0 Å². The van der Waals surface area contributed by atoms with Crippen LogP contribution in [0, 0.1) is 0 Å². The van der Waals surface area contributed by atoms with Crippen LogP contribution in [0.2, 0.25) is 0 Å². The van der Waals surface area contributed by atoms with Crippen molar-refractivity contribution in [1.82, 2.24) is 15.1 Å². The van der Waals surface area contributed by atoms with E-state index < -0.39 is 5.54 Å². The summed E-state index contributed by atoms with van der Waals surface area (Å²) in [6.45, 7) is 10.3. The first-order valence-corrected chi connectivity index (χ1v) is 7.76. The first kappa shape index (κ1) is 17.4. The normalized spacial score (nSPS) is 19.2. The first-order valence-electron chi connectivity index (χ1n) is 7.76. The predicted octanol–water partition coefficient (Wildman–Crippen LogP) is 0.945. The Balaban J connectivity index is 2.32. The second-order valence-electron chi connectivity index (χ2n) is 5.96. The summed E-state index contributed by atoms with van der Waals surface area (Å²) in [5.41, 5.74) is -0.578. The van der Waals surface area contributed by atoms with E-state index in [1.807, 2.05) is 13.8 Å². The molecule has 1 heterocycles. The highest BCUT2D eigenvalue weighted by Gasteiger charge is 2.33. The number of carbonyl (C=O) groups excluding carboxylic acids is 1. The Morgan fingerprint density at radius 2 is 2.00 bits per heavy atom. The molecule has 1 saturated heterocycles. The molecule has 1 rings (SSSR count). The SMILES string of the molecule is CCNC(C)(CCN(C)CCN1CCCC1)C(=O)OC. The van der Waals surface area contributed by atoms with Crippen LogP contribution < -0.4 is 5.32 Å². The van der Waals surface area contributed by atoms with Crippen LogP contribution in [0.4, 0.5) is 0 Å². The molecule has 20 heavy (non-hydrogen) atoms. The number of nitrogens with one attached hydrogen (secondary N) is 1. The van der Waals surface area contributed by atoms with Crippen LogP contribution in [-0.2, 0) is 9.53 Å². The Labute approximate surface area is 123 Å². The van der Waals surface area contributed by atoms with Gasteiger partial charge in [-0.15, -0.1) is 0 Å². The van der Waals surface area contributed by atoms with Crippen LogP contribution in [0.3, 0.4) is 0 Å². The van der Waals surface area contributed by atoms with Gasteiger partial charge in [0, 0.05) is 19.6 Å². The molecule has 1 atom stereocenters. The second kappa shape index (κ2) is 8.60. The fourth-order valence-corrected chi connectivity index (χ4v) is 2.72. The molecule has 0 radical (unpaired) electrons. The average Bonchev–Trinajstić information content (AvgIpc) is 2.95. The van der Waals surface area contributed by atoms with Gasteiger partial charge in [0.2, 0.25) is 0 Å². The minimum atomic E-state index is -0.578. The van der Waals surface area contributed by atoms with E-state index in [1.54, 1.807) is 0 Å². The van der Waals surface area contributed by atoms with Gasteiger partial charge >= 0.3 is 5.97 Å². The number of hydrogen-bond donors (Lipinski definition) is 1. The summed E-state index contributed by atoms with van der Waals surface area (Å²) < 4.78 is 4.91. The molecule has 0 aromatic heterocycles. The summed E-state index contributed by atoms with van der Waals surface area (Å²) in [5.74, 6) is -0.174. The lowest BCUT2D eigenvalue weighted by Gasteiger charge is -2.30. The molecular formula is C15H31N3O2.